The van der Waals surface area contributed by atoms with Crippen LogP contribution in [-0.2, 0) is 11.0 Å². The van der Waals surface area contributed by atoms with E-state index in [9.17, 15) is 22.8 Å². The largest absolute Gasteiger partial charge is 0.433 e. The fraction of sp³-hybridized carbons (Fsp3) is 0.385. The number of fused-ring (bicyclic) bond motifs is 1. The molecule has 2 rings (SSSR count). The van der Waals surface area contributed by atoms with Gasteiger partial charge in [-0.25, -0.2) is 9.50 Å². The molecule has 0 saturated heterocycles. The minimum absolute atomic E-state index is 0.0580. The number of nitrogens with one attached hydrogen (secondary N) is 1. The number of amides is 1. The standard InChI is InChI=1S/C13H11BrClF3N4O2/c1-6-5-7(13(16,17)18)22-11(20-6)9(14)10(21-22)12(24)19-4-2-3-8(15)23/h5H,2-4H2,1H3,(H,19,24). The number of nitrogens with zero attached hydrogens (tertiary/aromatic N) is 3. The molecule has 2 aromatic rings. The van der Waals surface area contributed by atoms with Gasteiger partial charge in [0.05, 0.1) is 4.47 Å². The van der Waals surface area contributed by atoms with Crippen molar-refractivity contribution in [3.63, 3.8) is 0 Å². The molecule has 24 heavy (non-hydrogen) atoms. The fourth-order valence-corrected chi connectivity index (χ4v) is 2.62. The second-order valence-corrected chi connectivity index (χ2v) is 6.11. The van der Waals surface area contributed by atoms with Crippen molar-refractivity contribution in [1.29, 1.82) is 0 Å². The predicted octanol–water partition coefficient (Wildman–Crippen LogP) is 3.09. The zero-order valence-corrected chi connectivity index (χ0v) is 14.6. The monoisotopic (exact) mass is 426 g/mol. The van der Waals surface area contributed by atoms with Crippen LogP contribution in [0.5, 0.6) is 0 Å². The van der Waals surface area contributed by atoms with E-state index in [0.29, 0.717) is 10.9 Å². The van der Waals surface area contributed by atoms with Crippen LogP contribution < -0.4 is 5.32 Å². The first-order chi connectivity index (χ1) is 11.1. The molecule has 0 spiro atoms. The number of halogens is 5. The lowest BCUT2D eigenvalue weighted by Gasteiger charge is -2.09. The van der Waals surface area contributed by atoms with Gasteiger partial charge in [-0.2, -0.15) is 18.3 Å². The molecule has 2 heterocycles. The van der Waals surface area contributed by atoms with Gasteiger partial charge in [-0.1, -0.05) is 0 Å². The average molecular weight is 428 g/mol. The zero-order chi connectivity index (χ0) is 18.1. The van der Waals surface area contributed by atoms with Crippen LogP contribution in [0.3, 0.4) is 0 Å². The minimum atomic E-state index is -4.65. The second-order valence-electron chi connectivity index (χ2n) is 4.89. The molecule has 0 fully saturated rings. The fourth-order valence-electron chi connectivity index (χ4n) is 1.97. The van der Waals surface area contributed by atoms with Crippen molar-refractivity contribution >= 4 is 44.3 Å². The van der Waals surface area contributed by atoms with Gasteiger partial charge < -0.3 is 5.32 Å². The van der Waals surface area contributed by atoms with Crippen LogP contribution in [0.25, 0.3) is 5.65 Å². The molecular weight excluding hydrogens is 417 g/mol. The van der Waals surface area contributed by atoms with Crippen molar-refractivity contribution in [3.05, 3.63) is 27.6 Å². The van der Waals surface area contributed by atoms with Gasteiger partial charge in [0.15, 0.2) is 11.3 Å². The summed E-state index contributed by atoms with van der Waals surface area (Å²) in [5.41, 5.74) is -1.22. The molecule has 0 saturated carbocycles. The van der Waals surface area contributed by atoms with E-state index >= 15 is 0 Å². The van der Waals surface area contributed by atoms with Crippen LogP contribution in [0.1, 0.15) is 34.7 Å². The lowest BCUT2D eigenvalue weighted by molar-refractivity contribution is -0.142. The quantitative estimate of drug-likeness (QED) is 0.588. The highest BCUT2D eigenvalue weighted by molar-refractivity contribution is 9.10. The molecular formula is C13H11BrClF3N4O2. The number of alkyl halides is 3. The lowest BCUT2D eigenvalue weighted by atomic mass is 10.3. The van der Waals surface area contributed by atoms with E-state index < -0.39 is 23.0 Å². The van der Waals surface area contributed by atoms with Crippen molar-refractivity contribution < 1.29 is 22.8 Å². The molecule has 1 amide bonds. The van der Waals surface area contributed by atoms with Gasteiger partial charge in [-0.15, -0.1) is 0 Å². The molecule has 0 aliphatic carbocycles. The summed E-state index contributed by atoms with van der Waals surface area (Å²) in [6.07, 6.45) is -4.26. The van der Waals surface area contributed by atoms with Gasteiger partial charge in [0.2, 0.25) is 5.24 Å². The van der Waals surface area contributed by atoms with E-state index in [1.165, 1.54) is 6.92 Å². The summed E-state index contributed by atoms with van der Waals surface area (Å²) >= 11 is 8.24. The molecule has 0 atom stereocenters. The van der Waals surface area contributed by atoms with E-state index in [1.54, 1.807) is 0 Å². The zero-order valence-electron chi connectivity index (χ0n) is 12.2. The summed E-state index contributed by atoms with van der Waals surface area (Å²) in [4.78, 5) is 26.7. The maximum Gasteiger partial charge on any atom is 0.433 e. The lowest BCUT2D eigenvalue weighted by Crippen LogP contribution is -2.25. The van der Waals surface area contributed by atoms with Crippen LogP contribution in [0.15, 0.2) is 10.5 Å². The Kier molecular flexibility index (Phi) is 5.49. The van der Waals surface area contributed by atoms with Gasteiger partial charge in [0, 0.05) is 18.7 Å². The number of aromatic nitrogens is 3. The molecule has 130 valence electrons. The van der Waals surface area contributed by atoms with E-state index in [2.05, 4.69) is 31.3 Å². The average Bonchev–Trinajstić information content (AvgIpc) is 2.79. The summed E-state index contributed by atoms with van der Waals surface area (Å²) in [5.74, 6) is -0.680. The summed E-state index contributed by atoms with van der Waals surface area (Å²) < 4.78 is 40.0. The Morgan fingerprint density at radius 2 is 2.08 bits per heavy atom. The number of carbonyl (C=O) groups is 2. The van der Waals surface area contributed by atoms with Gasteiger partial charge in [-0.3, -0.25) is 9.59 Å². The third-order valence-electron chi connectivity index (χ3n) is 3.00. The molecule has 0 aliphatic rings. The third-order valence-corrected chi connectivity index (χ3v) is 3.92. The number of carbonyl (C=O) groups excluding carboxylic acids is 2. The molecule has 2 aromatic heterocycles. The molecule has 0 radical (unpaired) electrons. The van der Waals surface area contributed by atoms with Crippen LogP contribution in [0, 0.1) is 6.92 Å². The van der Waals surface area contributed by atoms with Gasteiger partial charge >= 0.3 is 6.18 Å². The van der Waals surface area contributed by atoms with Crippen molar-refractivity contribution in [2.24, 2.45) is 0 Å². The van der Waals surface area contributed by atoms with E-state index in [0.717, 1.165) is 6.07 Å². The first-order valence-electron chi connectivity index (χ1n) is 6.71. The second kappa shape index (κ2) is 7.06. The number of aryl methyl sites for hydroxylation is 1. The highest BCUT2D eigenvalue weighted by Gasteiger charge is 2.36. The Morgan fingerprint density at radius 1 is 1.42 bits per heavy atom. The molecule has 1 N–H and O–H groups in total. The van der Waals surface area contributed by atoms with Gasteiger partial charge in [0.25, 0.3) is 5.91 Å². The maximum absolute atomic E-state index is 13.1. The Morgan fingerprint density at radius 3 is 2.67 bits per heavy atom. The Hall–Kier alpha value is -1.68. The normalized spacial score (nSPS) is 11.8. The maximum atomic E-state index is 13.1. The molecule has 0 aromatic carbocycles. The highest BCUT2D eigenvalue weighted by atomic mass is 79.9. The van der Waals surface area contributed by atoms with E-state index in [1.807, 2.05) is 0 Å². The van der Waals surface area contributed by atoms with Gasteiger partial charge in [0.1, 0.15) is 5.69 Å². The number of hydrogen-bond donors (Lipinski definition) is 1. The first kappa shape index (κ1) is 18.7. The minimum Gasteiger partial charge on any atom is -0.351 e. The Balaban J connectivity index is 2.34. The predicted molar refractivity (Wildman–Crippen MR) is 82.9 cm³/mol. The van der Waals surface area contributed by atoms with Crippen LogP contribution in [0.2, 0.25) is 0 Å². The SMILES string of the molecule is Cc1cc(C(F)(F)F)n2nc(C(=O)NCCCC(=O)Cl)c(Br)c2n1. The summed E-state index contributed by atoms with van der Waals surface area (Å²) in [7, 11) is 0. The topological polar surface area (TPSA) is 76.4 Å². The van der Waals surface area contributed by atoms with Crippen LogP contribution >= 0.6 is 27.5 Å². The summed E-state index contributed by atoms with van der Waals surface area (Å²) in [5, 5.41) is 5.65. The Bertz CT molecular complexity index is 807. The highest BCUT2D eigenvalue weighted by Crippen LogP contribution is 2.32. The van der Waals surface area contributed by atoms with Crippen molar-refractivity contribution in [1.82, 2.24) is 19.9 Å². The molecule has 11 heteroatoms. The number of rotatable bonds is 5. The van der Waals surface area contributed by atoms with E-state index in [4.69, 9.17) is 11.6 Å². The molecule has 0 bridgehead atoms. The van der Waals surface area contributed by atoms with Crippen molar-refractivity contribution in [2.75, 3.05) is 6.54 Å². The van der Waals surface area contributed by atoms with Crippen LogP contribution in [-0.4, -0.2) is 32.3 Å². The van der Waals surface area contributed by atoms with E-state index in [-0.39, 0.29) is 34.5 Å². The summed E-state index contributed by atoms with van der Waals surface area (Å²) in [6.45, 7) is 1.55. The van der Waals surface area contributed by atoms with Gasteiger partial charge in [-0.05, 0) is 46.9 Å². The third kappa shape index (κ3) is 4.04. The molecule has 0 unspecified atom stereocenters. The molecule has 6 nitrogen and oxygen atoms in total. The molecule has 0 aliphatic heterocycles. The van der Waals surface area contributed by atoms with Crippen LogP contribution in [0.4, 0.5) is 13.2 Å². The Labute approximate surface area is 147 Å². The van der Waals surface area contributed by atoms with Crippen molar-refractivity contribution in [2.45, 2.75) is 25.9 Å². The number of hydrogen-bond acceptors (Lipinski definition) is 4. The smallest absolute Gasteiger partial charge is 0.351 e. The summed E-state index contributed by atoms with van der Waals surface area (Å²) in [6, 6.07) is 0.847. The van der Waals surface area contributed by atoms with Crippen molar-refractivity contribution in [3.8, 4) is 0 Å². The first-order valence-corrected chi connectivity index (χ1v) is 7.88.